The zero-order chi connectivity index (χ0) is 17.5. The van der Waals surface area contributed by atoms with Crippen LogP contribution < -0.4 is 15.4 Å². The second kappa shape index (κ2) is 8.87. The molecule has 0 aliphatic heterocycles. The lowest BCUT2D eigenvalue weighted by molar-refractivity contribution is 0.0973. The Morgan fingerprint density at radius 2 is 1.92 bits per heavy atom. The van der Waals surface area contributed by atoms with Crippen LogP contribution in [0.2, 0.25) is 10.0 Å². The summed E-state index contributed by atoms with van der Waals surface area (Å²) in [5, 5.41) is 6.51. The van der Waals surface area contributed by atoms with E-state index >= 15 is 0 Å². The molecular weight excluding hydrogens is 367 g/mol. The van der Waals surface area contributed by atoms with Crippen LogP contribution in [0.5, 0.6) is 5.75 Å². The summed E-state index contributed by atoms with van der Waals surface area (Å²) in [5.74, 6) is 0.174. The number of anilines is 1. The van der Waals surface area contributed by atoms with E-state index in [1.54, 1.807) is 36.4 Å². The van der Waals surface area contributed by atoms with Crippen molar-refractivity contribution in [2.45, 2.75) is 13.3 Å². The van der Waals surface area contributed by atoms with Crippen molar-refractivity contribution in [3.8, 4) is 5.75 Å². The molecule has 0 heterocycles. The van der Waals surface area contributed by atoms with Crippen LogP contribution >= 0.6 is 35.4 Å². The number of carbonyl (C=O) groups is 1. The van der Waals surface area contributed by atoms with E-state index < -0.39 is 0 Å². The molecule has 0 aliphatic rings. The first-order valence-corrected chi connectivity index (χ1v) is 8.47. The van der Waals surface area contributed by atoms with Crippen molar-refractivity contribution in [3.05, 3.63) is 58.1 Å². The monoisotopic (exact) mass is 382 g/mol. The van der Waals surface area contributed by atoms with Gasteiger partial charge in [0.25, 0.3) is 5.91 Å². The molecule has 0 saturated carbocycles. The van der Waals surface area contributed by atoms with Crippen LogP contribution in [0.25, 0.3) is 0 Å². The number of benzene rings is 2. The SMILES string of the molecule is CCCOc1ccccc1C(=O)NC(=S)Nc1ccc(Cl)c(Cl)c1. The molecule has 4 nitrogen and oxygen atoms in total. The summed E-state index contributed by atoms with van der Waals surface area (Å²) < 4.78 is 5.58. The summed E-state index contributed by atoms with van der Waals surface area (Å²) in [7, 11) is 0. The Bertz CT molecular complexity index is 753. The van der Waals surface area contributed by atoms with Crippen LogP contribution in [0.4, 0.5) is 5.69 Å². The van der Waals surface area contributed by atoms with Crippen LogP contribution in [0.1, 0.15) is 23.7 Å². The summed E-state index contributed by atoms with van der Waals surface area (Å²) in [6, 6.07) is 12.0. The summed E-state index contributed by atoms with van der Waals surface area (Å²) in [4.78, 5) is 12.4. The molecule has 2 aromatic carbocycles. The normalized spacial score (nSPS) is 10.1. The Kier molecular flexibility index (Phi) is 6.85. The van der Waals surface area contributed by atoms with E-state index in [0.717, 1.165) is 6.42 Å². The zero-order valence-electron chi connectivity index (χ0n) is 12.9. The fourth-order valence-electron chi connectivity index (χ4n) is 1.90. The number of hydrogen-bond acceptors (Lipinski definition) is 3. The van der Waals surface area contributed by atoms with Gasteiger partial charge in [0.05, 0.1) is 22.2 Å². The number of para-hydroxylation sites is 1. The quantitative estimate of drug-likeness (QED) is 0.721. The number of carbonyl (C=O) groups excluding carboxylic acids is 1. The third-order valence-electron chi connectivity index (χ3n) is 3.00. The molecule has 0 fully saturated rings. The third kappa shape index (κ3) is 5.09. The molecule has 0 spiro atoms. The van der Waals surface area contributed by atoms with Crippen LogP contribution in [-0.2, 0) is 0 Å². The van der Waals surface area contributed by atoms with Gasteiger partial charge in [-0.15, -0.1) is 0 Å². The maximum absolute atomic E-state index is 12.4. The van der Waals surface area contributed by atoms with Crippen molar-refractivity contribution in [1.29, 1.82) is 0 Å². The molecule has 0 saturated heterocycles. The number of ether oxygens (including phenoxy) is 1. The van der Waals surface area contributed by atoms with E-state index in [-0.39, 0.29) is 11.0 Å². The van der Waals surface area contributed by atoms with Gasteiger partial charge in [0.1, 0.15) is 5.75 Å². The molecule has 0 atom stereocenters. The molecule has 2 rings (SSSR count). The summed E-state index contributed by atoms with van der Waals surface area (Å²) in [5.41, 5.74) is 1.05. The Morgan fingerprint density at radius 3 is 2.62 bits per heavy atom. The number of halogens is 2. The largest absolute Gasteiger partial charge is 0.493 e. The van der Waals surface area contributed by atoms with Gasteiger partial charge in [-0.2, -0.15) is 0 Å². The van der Waals surface area contributed by atoms with Crippen molar-refractivity contribution in [1.82, 2.24) is 5.32 Å². The zero-order valence-corrected chi connectivity index (χ0v) is 15.3. The van der Waals surface area contributed by atoms with Crippen LogP contribution in [0.3, 0.4) is 0 Å². The predicted octanol–water partition coefficient (Wildman–Crippen LogP) is 4.91. The highest BCUT2D eigenvalue weighted by molar-refractivity contribution is 7.80. The van der Waals surface area contributed by atoms with Crippen LogP contribution in [0, 0.1) is 0 Å². The topological polar surface area (TPSA) is 50.4 Å². The molecule has 2 aromatic rings. The number of thiocarbonyl (C=S) groups is 1. The highest BCUT2D eigenvalue weighted by atomic mass is 35.5. The van der Waals surface area contributed by atoms with Gasteiger partial charge in [0.2, 0.25) is 0 Å². The summed E-state index contributed by atoms with van der Waals surface area (Å²) in [6.07, 6.45) is 0.854. The van der Waals surface area contributed by atoms with Gasteiger partial charge in [0, 0.05) is 5.69 Å². The molecule has 24 heavy (non-hydrogen) atoms. The number of hydrogen-bond donors (Lipinski definition) is 2. The van der Waals surface area contributed by atoms with Gasteiger partial charge in [0.15, 0.2) is 5.11 Å². The Morgan fingerprint density at radius 1 is 1.17 bits per heavy atom. The van der Waals surface area contributed by atoms with E-state index in [1.807, 2.05) is 13.0 Å². The lowest BCUT2D eigenvalue weighted by Gasteiger charge is -2.13. The minimum atomic E-state index is -0.348. The van der Waals surface area contributed by atoms with E-state index in [2.05, 4.69) is 10.6 Å². The molecule has 0 aliphatic carbocycles. The predicted molar refractivity (Wildman–Crippen MR) is 102 cm³/mol. The first kappa shape index (κ1) is 18.5. The highest BCUT2D eigenvalue weighted by Crippen LogP contribution is 2.25. The molecule has 1 amide bonds. The van der Waals surface area contributed by atoms with Crippen molar-refractivity contribution >= 4 is 52.1 Å². The lowest BCUT2D eigenvalue weighted by Crippen LogP contribution is -2.34. The maximum atomic E-state index is 12.4. The Balaban J connectivity index is 2.03. The van der Waals surface area contributed by atoms with Gasteiger partial charge >= 0.3 is 0 Å². The van der Waals surface area contributed by atoms with Crippen molar-refractivity contribution in [2.75, 3.05) is 11.9 Å². The fraction of sp³-hybridized carbons (Fsp3) is 0.176. The lowest BCUT2D eigenvalue weighted by atomic mass is 10.2. The third-order valence-corrected chi connectivity index (χ3v) is 3.94. The average molecular weight is 383 g/mol. The van der Waals surface area contributed by atoms with E-state index in [1.165, 1.54) is 0 Å². The Hall–Kier alpha value is -1.82. The maximum Gasteiger partial charge on any atom is 0.261 e. The van der Waals surface area contributed by atoms with Crippen molar-refractivity contribution in [3.63, 3.8) is 0 Å². The van der Waals surface area contributed by atoms with Crippen molar-refractivity contribution in [2.24, 2.45) is 0 Å². The fourth-order valence-corrected chi connectivity index (χ4v) is 2.41. The molecule has 2 N–H and O–H groups in total. The molecule has 126 valence electrons. The standard InChI is InChI=1S/C17H16Cl2N2O2S/c1-2-9-23-15-6-4-3-5-12(15)16(22)21-17(24)20-11-7-8-13(18)14(19)10-11/h3-8,10H,2,9H2,1H3,(H2,20,21,22,24). The van der Waals surface area contributed by atoms with Gasteiger partial charge in [-0.05, 0) is 49.0 Å². The molecule has 0 aromatic heterocycles. The Labute approximate surface area is 156 Å². The number of nitrogens with one attached hydrogen (secondary N) is 2. The smallest absolute Gasteiger partial charge is 0.261 e. The minimum Gasteiger partial charge on any atom is -0.493 e. The second-order valence-electron chi connectivity index (χ2n) is 4.88. The van der Waals surface area contributed by atoms with E-state index in [4.69, 9.17) is 40.2 Å². The average Bonchev–Trinajstić information content (AvgIpc) is 2.56. The number of rotatable bonds is 5. The van der Waals surface area contributed by atoms with Crippen molar-refractivity contribution < 1.29 is 9.53 Å². The first-order valence-electron chi connectivity index (χ1n) is 7.30. The van der Waals surface area contributed by atoms with Gasteiger partial charge in [-0.25, -0.2) is 0 Å². The summed E-state index contributed by atoms with van der Waals surface area (Å²) in [6.45, 7) is 2.54. The minimum absolute atomic E-state index is 0.156. The summed E-state index contributed by atoms with van der Waals surface area (Å²) >= 11 is 17.0. The molecule has 7 heteroatoms. The first-order chi connectivity index (χ1) is 11.5. The van der Waals surface area contributed by atoms with Gasteiger partial charge in [-0.1, -0.05) is 42.3 Å². The molecule has 0 radical (unpaired) electrons. The second-order valence-corrected chi connectivity index (χ2v) is 6.10. The van der Waals surface area contributed by atoms with E-state index in [9.17, 15) is 4.79 Å². The van der Waals surface area contributed by atoms with Crippen LogP contribution in [-0.4, -0.2) is 17.6 Å². The van der Waals surface area contributed by atoms with Gasteiger partial charge < -0.3 is 10.1 Å². The van der Waals surface area contributed by atoms with Gasteiger partial charge in [-0.3, -0.25) is 10.1 Å². The number of amides is 1. The molecular formula is C17H16Cl2N2O2S. The molecule has 0 unspecified atom stereocenters. The highest BCUT2D eigenvalue weighted by Gasteiger charge is 2.13. The molecule has 0 bridgehead atoms. The van der Waals surface area contributed by atoms with E-state index in [0.29, 0.717) is 33.7 Å². The van der Waals surface area contributed by atoms with Crippen LogP contribution in [0.15, 0.2) is 42.5 Å².